The van der Waals surface area contributed by atoms with Gasteiger partial charge in [0.1, 0.15) is 0 Å². The molecule has 1 aliphatic rings. The lowest BCUT2D eigenvalue weighted by atomic mass is 9.77. The standard InChI is InChI=1S/C14H24ClNO/c1-14(2,3)12-6-7-13(17)16(11-8-12)10-5-4-9-15/h4-5,12H,6-11H2,1-3H3. The van der Waals surface area contributed by atoms with Gasteiger partial charge >= 0.3 is 0 Å². The Hall–Kier alpha value is -0.500. The molecule has 0 aromatic carbocycles. The highest BCUT2D eigenvalue weighted by Gasteiger charge is 2.29. The van der Waals surface area contributed by atoms with Gasteiger partial charge in [-0.1, -0.05) is 32.9 Å². The van der Waals surface area contributed by atoms with Gasteiger partial charge in [-0.15, -0.1) is 11.6 Å². The Balaban J connectivity index is 2.55. The predicted molar refractivity (Wildman–Crippen MR) is 73.2 cm³/mol. The maximum atomic E-state index is 11.9. The van der Waals surface area contributed by atoms with Crippen molar-refractivity contribution in [3.05, 3.63) is 12.2 Å². The van der Waals surface area contributed by atoms with E-state index in [-0.39, 0.29) is 5.91 Å². The molecule has 0 bridgehead atoms. The second-order valence-corrected chi connectivity index (χ2v) is 6.16. The smallest absolute Gasteiger partial charge is 0.222 e. The van der Waals surface area contributed by atoms with Crippen molar-refractivity contribution in [3.63, 3.8) is 0 Å². The van der Waals surface area contributed by atoms with E-state index in [0.717, 1.165) is 19.4 Å². The molecule has 1 saturated heterocycles. The molecule has 17 heavy (non-hydrogen) atoms. The van der Waals surface area contributed by atoms with Crippen LogP contribution in [0.2, 0.25) is 0 Å². The third-order valence-corrected chi connectivity index (χ3v) is 3.79. The van der Waals surface area contributed by atoms with Gasteiger partial charge in [-0.05, 0) is 24.2 Å². The van der Waals surface area contributed by atoms with E-state index < -0.39 is 0 Å². The summed E-state index contributed by atoms with van der Waals surface area (Å²) in [6, 6.07) is 0. The Bertz CT molecular complexity index is 280. The first-order chi connectivity index (χ1) is 7.95. The number of allylic oxidation sites excluding steroid dienone is 1. The number of carbonyl (C=O) groups excluding carboxylic acids is 1. The number of likely N-dealkylation sites (tertiary alicyclic amines) is 1. The Kier molecular flexibility index (Phi) is 5.51. The summed E-state index contributed by atoms with van der Waals surface area (Å²) in [4.78, 5) is 13.9. The van der Waals surface area contributed by atoms with Crippen molar-refractivity contribution >= 4 is 17.5 Å². The van der Waals surface area contributed by atoms with Gasteiger partial charge in [0.15, 0.2) is 0 Å². The van der Waals surface area contributed by atoms with Crippen LogP contribution in [0.4, 0.5) is 0 Å². The van der Waals surface area contributed by atoms with Gasteiger partial charge in [0.2, 0.25) is 5.91 Å². The molecule has 1 unspecified atom stereocenters. The van der Waals surface area contributed by atoms with Crippen LogP contribution in [0.1, 0.15) is 40.0 Å². The van der Waals surface area contributed by atoms with E-state index in [9.17, 15) is 4.79 Å². The van der Waals surface area contributed by atoms with E-state index in [1.54, 1.807) is 0 Å². The van der Waals surface area contributed by atoms with Crippen LogP contribution in [0.5, 0.6) is 0 Å². The Labute approximate surface area is 110 Å². The fraction of sp³-hybridized carbons (Fsp3) is 0.786. The van der Waals surface area contributed by atoms with E-state index in [1.165, 1.54) is 0 Å². The van der Waals surface area contributed by atoms with E-state index in [2.05, 4.69) is 20.8 Å². The Morgan fingerprint density at radius 1 is 1.35 bits per heavy atom. The molecular weight excluding hydrogens is 234 g/mol. The first-order valence-corrected chi connectivity index (χ1v) is 6.97. The predicted octanol–water partition coefficient (Wildman–Crippen LogP) is 3.46. The zero-order chi connectivity index (χ0) is 12.9. The zero-order valence-electron chi connectivity index (χ0n) is 11.2. The van der Waals surface area contributed by atoms with Gasteiger partial charge in [0, 0.05) is 25.4 Å². The van der Waals surface area contributed by atoms with Gasteiger partial charge in [0.05, 0.1) is 0 Å². The number of halogens is 1. The molecule has 2 nitrogen and oxygen atoms in total. The highest BCUT2D eigenvalue weighted by atomic mass is 35.5. The van der Waals surface area contributed by atoms with Gasteiger partial charge in [-0.2, -0.15) is 0 Å². The van der Waals surface area contributed by atoms with Gasteiger partial charge in [0.25, 0.3) is 0 Å². The molecule has 1 aliphatic heterocycles. The summed E-state index contributed by atoms with van der Waals surface area (Å²) in [5, 5.41) is 0. The minimum atomic E-state index is 0.288. The minimum Gasteiger partial charge on any atom is -0.339 e. The average Bonchev–Trinajstić information content (AvgIpc) is 2.41. The Morgan fingerprint density at radius 2 is 2.06 bits per heavy atom. The molecule has 3 heteroatoms. The molecule has 1 fully saturated rings. The highest BCUT2D eigenvalue weighted by Crippen LogP contribution is 2.34. The van der Waals surface area contributed by atoms with Crippen LogP contribution in [0.3, 0.4) is 0 Å². The average molecular weight is 258 g/mol. The molecule has 0 aromatic heterocycles. The van der Waals surface area contributed by atoms with Crippen molar-refractivity contribution in [2.75, 3.05) is 19.0 Å². The largest absolute Gasteiger partial charge is 0.339 e. The van der Waals surface area contributed by atoms with Crippen molar-refractivity contribution in [1.82, 2.24) is 4.90 Å². The van der Waals surface area contributed by atoms with Crippen molar-refractivity contribution < 1.29 is 4.79 Å². The summed E-state index contributed by atoms with van der Waals surface area (Å²) in [6.07, 6.45) is 6.72. The fourth-order valence-electron chi connectivity index (χ4n) is 2.36. The van der Waals surface area contributed by atoms with Crippen LogP contribution in [0.15, 0.2) is 12.2 Å². The van der Waals surface area contributed by atoms with Crippen molar-refractivity contribution in [3.8, 4) is 0 Å². The lowest BCUT2D eigenvalue weighted by Crippen LogP contribution is -2.30. The number of hydrogen-bond donors (Lipinski definition) is 0. The van der Waals surface area contributed by atoms with E-state index >= 15 is 0 Å². The van der Waals surface area contributed by atoms with Gasteiger partial charge in [-0.3, -0.25) is 4.79 Å². The van der Waals surface area contributed by atoms with Crippen molar-refractivity contribution in [1.29, 1.82) is 0 Å². The van der Waals surface area contributed by atoms with E-state index in [1.807, 2.05) is 17.1 Å². The third kappa shape index (κ3) is 4.71. The number of amides is 1. The molecule has 0 aromatic rings. The van der Waals surface area contributed by atoms with Crippen LogP contribution in [0, 0.1) is 11.3 Å². The summed E-state index contributed by atoms with van der Waals surface area (Å²) >= 11 is 5.58. The normalized spacial score (nSPS) is 23.2. The molecule has 0 radical (unpaired) electrons. The summed E-state index contributed by atoms with van der Waals surface area (Å²) in [7, 11) is 0. The molecule has 0 N–H and O–H groups in total. The van der Waals surface area contributed by atoms with E-state index in [0.29, 0.717) is 30.2 Å². The van der Waals surface area contributed by atoms with Crippen molar-refractivity contribution in [2.24, 2.45) is 11.3 Å². The molecule has 1 amide bonds. The number of rotatable bonds is 3. The minimum absolute atomic E-state index is 0.288. The van der Waals surface area contributed by atoms with Crippen LogP contribution in [0.25, 0.3) is 0 Å². The number of hydrogen-bond acceptors (Lipinski definition) is 1. The SMILES string of the molecule is CC(C)(C)C1CCC(=O)N(CC=CCCl)CC1. The van der Waals surface area contributed by atoms with Gasteiger partial charge < -0.3 is 4.90 Å². The molecule has 98 valence electrons. The van der Waals surface area contributed by atoms with Gasteiger partial charge in [-0.25, -0.2) is 0 Å². The summed E-state index contributed by atoms with van der Waals surface area (Å²) in [5.74, 6) is 1.46. The highest BCUT2D eigenvalue weighted by molar-refractivity contribution is 6.18. The maximum Gasteiger partial charge on any atom is 0.222 e. The number of carbonyl (C=O) groups is 1. The number of alkyl halides is 1. The summed E-state index contributed by atoms with van der Waals surface area (Å²) in [6.45, 7) is 8.40. The van der Waals surface area contributed by atoms with Crippen LogP contribution in [-0.4, -0.2) is 29.8 Å². The lowest BCUT2D eigenvalue weighted by Gasteiger charge is -2.29. The second-order valence-electron chi connectivity index (χ2n) is 5.86. The monoisotopic (exact) mass is 257 g/mol. The quantitative estimate of drug-likeness (QED) is 0.560. The van der Waals surface area contributed by atoms with E-state index in [4.69, 9.17) is 11.6 Å². The molecule has 1 rings (SSSR count). The summed E-state index contributed by atoms with van der Waals surface area (Å²) in [5.41, 5.74) is 0.308. The molecule has 0 aliphatic carbocycles. The third-order valence-electron chi connectivity index (χ3n) is 3.61. The fourth-order valence-corrected chi connectivity index (χ4v) is 2.49. The zero-order valence-corrected chi connectivity index (χ0v) is 12.0. The topological polar surface area (TPSA) is 20.3 Å². The molecular formula is C14H24ClNO. The molecule has 0 spiro atoms. The Morgan fingerprint density at radius 3 is 2.65 bits per heavy atom. The maximum absolute atomic E-state index is 11.9. The first-order valence-electron chi connectivity index (χ1n) is 6.44. The van der Waals surface area contributed by atoms with Crippen LogP contribution in [-0.2, 0) is 4.79 Å². The first kappa shape index (κ1) is 14.6. The molecule has 0 saturated carbocycles. The van der Waals surface area contributed by atoms with Crippen molar-refractivity contribution in [2.45, 2.75) is 40.0 Å². The summed E-state index contributed by atoms with van der Waals surface area (Å²) < 4.78 is 0. The lowest BCUT2D eigenvalue weighted by molar-refractivity contribution is -0.130. The van der Waals surface area contributed by atoms with Crippen LogP contribution < -0.4 is 0 Å². The number of nitrogens with zero attached hydrogens (tertiary/aromatic N) is 1. The molecule has 1 atom stereocenters. The second kappa shape index (κ2) is 6.44. The molecule has 1 heterocycles. The van der Waals surface area contributed by atoms with Crippen LogP contribution >= 0.6 is 11.6 Å².